The van der Waals surface area contributed by atoms with E-state index in [1.807, 2.05) is 37.4 Å². The van der Waals surface area contributed by atoms with E-state index in [4.69, 9.17) is 16.4 Å². The minimum absolute atomic E-state index is 0.0687. The smallest absolute Gasteiger partial charge is 0.366 e. The van der Waals surface area contributed by atoms with E-state index in [9.17, 15) is 13.2 Å². The van der Waals surface area contributed by atoms with Crippen molar-refractivity contribution < 1.29 is 18.0 Å². The number of hydroxylamine groups is 2. The Labute approximate surface area is 148 Å². The summed E-state index contributed by atoms with van der Waals surface area (Å²) in [6.45, 7) is 0.395. The van der Waals surface area contributed by atoms with Gasteiger partial charge in [-0.3, -0.25) is 4.84 Å². The number of nitrogens with one attached hydrogen (secondary N) is 1. The first-order valence-electron chi connectivity index (χ1n) is 7.76. The van der Waals surface area contributed by atoms with E-state index in [-0.39, 0.29) is 23.0 Å². The number of rotatable bonds is 4. The van der Waals surface area contributed by atoms with Crippen molar-refractivity contribution in [3.05, 3.63) is 58.7 Å². The van der Waals surface area contributed by atoms with Crippen LogP contribution >= 0.6 is 11.6 Å². The molecule has 0 bridgehead atoms. The fraction of sp³-hybridized carbons (Fsp3) is 0.353. The molecule has 3 rings (SSSR count). The summed E-state index contributed by atoms with van der Waals surface area (Å²) < 4.78 is 37.9. The molecule has 0 saturated carbocycles. The summed E-state index contributed by atoms with van der Waals surface area (Å²) in [5.74, 6) is 0.212. The number of hydrogen-bond donors (Lipinski definition) is 1. The van der Waals surface area contributed by atoms with Gasteiger partial charge in [-0.1, -0.05) is 41.9 Å². The summed E-state index contributed by atoms with van der Waals surface area (Å²) in [6.07, 6.45) is -3.07. The van der Waals surface area contributed by atoms with Crippen LogP contribution < -0.4 is 5.32 Å². The number of halogens is 4. The van der Waals surface area contributed by atoms with Gasteiger partial charge in [0.25, 0.3) is 0 Å². The topological polar surface area (TPSA) is 37.4 Å². The van der Waals surface area contributed by atoms with Crippen molar-refractivity contribution in [3.8, 4) is 0 Å². The lowest BCUT2D eigenvalue weighted by Crippen LogP contribution is -2.22. The number of aromatic nitrogens is 1. The quantitative estimate of drug-likeness (QED) is 0.856. The second-order valence-electron chi connectivity index (χ2n) is 5.87. The summed E-state index contributed by atoms with van der Waals surface area (Å²) in [4.78, 5) is 9.56. The Hall–Kier alpha value is -1.83. The molecule has 1 aromatic heterocycles. The molecule has 0 radical (unpaired) electrons. The van der Waals surface area contributed by atoms with Gasteiger partial charge in [0.2, 0.25) is 0 Å². The maximum absolute atomic E-state index is 12.6. The third-order valence-corrected chi connectivity index (χ3v) is 4.38. The molecule has 1 N–H and O–H groups in total. The van der Waals surface area contributed by atoms with Crippen LogP contribution in [0.5, 0.6) is 0 Å². The monoisotopic (exact) mass is 371 g/mol. The highest BCUT2D eigenvalue weighted by Gasteiger charge is 2.33. The average Bonchev–Trinajstić information content (AvgIpc) is 2.94. The van der Waals surface area contributed by atoms with E-state index in [2.05, 4.69) is 10.3 Å². The van der Waals surface area contributed by atoms with Crippen LogP contribution in [0.4, 0.5) is 19.0 Å². The number of alkyl halides is 3. The molecule has 8 heteroatoms. The first-order valence-corrected chi connectivity index (χ1v) is 8.13. The molecule has 0 aliphatic carbocycles. The highest BCUT2D eigenvalue weighted by atomic mass is 35.5. The minimum atomic E-state index is -4.46. The lowest BCUT2D eigenvalue weighted by molar-refractivity contribution is -0.140. The number of anilines is 1. The van der Waals surface area contributed by atoms with Crippen molar-refractivity contribution in [1.29, 1.82) is 0 Å². The van der Waals surface area contributed by atoms with E-state index in [0.29, 0.717) is 6.54 Å². The normalized spacial score (nSPS) is 21.5. The molecule has 2 heterocycles. The molecular formula is C17H17ClF3N3O. The summed E-state index contributed by atoms with van der Waals surface area (Å²) >= 11 is 5.90. The van der Waals surface area contributed by atoms with Gasteiger partial charge in [0.05, 0.1) is 22.7 Å². The molecule has 25 heavy (non-hydrogen) atoms. The van der Waals surface area contributed by atoms with Crippen LogP contribution in [0.15, 0.2) is 42.6 Å². The summed E-state index contributed by atoms with van der Waals surface area (Å²) in [5.41, 5.74) is 0.280. The molecule has 0 amide bonds. The van der Waals surface area contributed by atoms with Gasteiger partial charge in [-0.15, -0.1) is 0 Å². The number of nitrogens with zero attached hydrogens (tertiary/aromatic N) is 2. The summed E-state index contributed by atoms with van der Waals surface area (Å²) in [6, 6.07) is 11.0. The third-order valence-electron chi connectivity index (χ3n) is 4.09. The lowest BCUT2D eigenvalue weighted by atomic mass is 10.0. The predicted octanol–water partition coefficient (Wildman–Crippen LogP) is 4.54. The molecule has 134 valence electrons. The van der Waals surface area contributed by atoms with E-state index in [1.165, 1.54) is 0 Å². The zero-order chi connectivity index (χ0) is 18.0. The van der Waals surface area contributed by atoms with E-state index in [1.54, 1.807) is 5.06 Å². The highest BCUT2D eigenvalue weighted by molar-refractivity contribution is 6.32. The largest absolute Gasteiger partial charge is 0.417 e. The fourth-order valence-electron chi connectivity index (χ4n) is 2.82. The SMILES string of the molecule is CN1OC(CNc2ncc(C(F)(F)F)cc2Cl)CC1c1ccccc1. The molecule has 2 atom stereocenters. The Balaban J connectivity index is 1.61. The lowest BCUT2D eigenvalue weighted by Gasteiger charge is -2.17. The number of benzene rings is 1. The molecule has 0 spiro atoms. The summed E-state index contributed by atoms with van der Waals surface area (Å²) in [5, 5.41) is 4.69. The van der Waals surface area contributed by atoms with Crippen molar-refractivity contribution in [1.82, 2.24) is 10.0 Å². The van der Waals surface area contributed by atoms with Gasteiger partial charge in [0.15, 0.2) is 0 Å². The van der Waals surface area contributed by atoms with Crippen LogP contribution in [0.3, 0.4) is 0 Å². The zero-order valence-electron chi connectivity index (χ0n) is 13.4. The van der Waals surface area contributed by atoms with Gasteiger partial charge in [-0.2, -0.15) is 18.2 Å². The molecule has 1 saturated heterocycles. The van der Waals surface area contributed by atoms with Gasteiger partial charge in [0.1, 0.15) is 5.82 Å². The second kappa shape index (κ2) is 7.19. The Morgan fingerprint density at radius 1 is 1.32 bits per heavy atom. The van der Waals surface area contributed by atoms with Crippen LogP contribution in [0.2, 0.25) is 5.02 Å². The number of pyridine rings is 1. The molecule has 1 fully saturated rings. The Kier molecular flexibility index (Phi) is 5.17. The van der Waals surface area contributed by atoms with Crippen molar-refractivity contribution in [2.45, 2.75) is 24.7 Å². The van der Waals surface area contributed by atoms with Gasteiger partial charge in [-0.25, -0.2) is 4.98 Å². The molecule has 2 unspecified atom stereocenters. The fourth-order valence-corrected chi connectivity index (χ4v) is 3.06. The highest BCUT2D eigenvalue weighted by Crippen LogP contribution is 2.34. The Morgan fingerprint density at radius 2 is 2.04 bits per heavy atom. The molecule has 1 aromatic carbocycles. The van der Waals surface area contributed by atoms with Gasteiger partial charge in [-0.05, 0) is 18.1 Å². The first kappa shape index (κ1) is 18.0. The van der Waals surface area contributed by atoms with Crippen LogP contribution in [0.1, 0.15) is 23.6 Å². The maximum Gasteiger partial charge on any atom is 0.417 e. The van der Waals surface area contributed by atoms with Crippen molar-refractivity contribution in [3.63, 3.8) is 0 Å². The predicted molar refractivity (Wildman–Crippen MR) is 89.2 cm³/mol. The maximum atomic E-state index is 12.6. The molecule has 1 aliphatic rings. The summed E-state index contributed by atoms with van der Waals surface area (Å²) in [7, 11) is 1.86. The van der Waals surface area contributed by atoms with Crippen molar-refractivity contribution in [2.24, 2.45) is 0 Å². The molecule has 4 nitrogen and oxygen atoms in total. The molecular weight excluding hydrogens is 355 g/mol. The minimum Gasteiger partial charge on any atom is -0.366 e. The second-order valence-corrected chi connectivity index (χ2v) is 6.28. The van der Waals surface area contributed by atoms with E-state index < -0.39 is 11.7 Å². The van der Waals surface area contributed by atoms with E-state index in [0.717, 1.165) is 24.2 Å². The van der Waals surface area contributed by atoms with Gasteiger partial charge >= 0.3 is 6.18 Å². The van der Waals surface area contributed by atoms with Crippen molar-refractivity contribution >= 4 is 17.4 Å². The van der Waals surface area contributed by atoms with Crippen molar-refractivity contribution in [2.75, 3.05) is 18.9 Å². The van der Waals surface area contributed by atoms with Crippen LogP contribution in [0, 0.1) is 0 Å². The van der Waals surface area contributed by atoms with Gasteiger partial charge < -0.3 is 5.32 Å². The Bertz CT molecular complexity index is 727. The molecule has 1 aliphatic heterocycles. The van der Waals surface area contributed by atoms with E-state index >= 15 is 0 Å². The standard InChI is InChI=1S/C17H17ClF3N3O/c1-24-15(11-5-3-2-4-6-11)8-13(25-24)10-23-16-14(18)7-12(9-22-16)17(19,20)21/h2-7,9,13,15H,8,10H2,1H3,(H,22,23). The first-order chi connectivity index (χ1) is 11.8. The molecule has 2 aromatic rings. The Morgan fingerprint density at radius 3 is 2.68 bits per heavy atom. The number of hydrogen-bond acceptors (Lipinski definition) is 4. The average molecular weight is 372 g/mol. The van der Waals surface area contributed by atoms with Crippen LogP contribution in [-0.2, 0) is 11.0 Å². The van der Waals surface area contributed by atoms with Crippen LogP contribution in [-0.4, -0.2) is 29.7 Å². The third kappa shape index (κ3) is 4.23. The van der Waals surface area contributed by atoms with Gasteiger partial charge in [0, 0.05) is 19.8 Å². The zero-order valence-corrected chi connectivity index (χ0v) is 14.2. The van der Waals surface area contributed by atoms with Crippen LogP contribution in [0.25, 0.3) is 0 Å².